The minimum absolute atomic E-state index is 0.196. The third-order valence-corrected chi connectivity index (χ3v) is 3.30. The van der Waals surface area contributed by atoms with Gasteiger partial charge in [0.2, 0.25) is 0 Å². The minimum Gasteiger partial charge on any atom is -0.370 e. The number of nitrogens with zero attached hydrogens (tertiary/aromatic N) is 1. The Morgan fingerprint density at radius 3 is 2.67 bits per heavy atom. The van der Waals surface area contributed by atoms with Crippen LogP contribution >= 0.6 is 0 Å². The second-order valence-corrected chi connectivity index (χ2v) is 5.09. The molecule has 0 spiro atoms. The van der Waals surface area contributed by atoms with Gasteiger partial charge in [-0.05, 0) is 55.7 Å². The number of nitrogens with one attached hydrogen (secondary N) is 2. The van der Waals surface area contributed by atoms with Crippen molar-refractivity contribution in [3.05, 3.63) is 53.2 Å². The second-order valence-electron chi connectivity index (χ2n) is 5.09. The second kappa shape index (κ2) is 6.88. The molecule has 0 unspecified atom stereocenters. The van der Waals surface area contributed by atoms with E-state index in [0.717, 1.165) is 30.0 Å². The summed E-state index contributed by atoms with van der Waals surface area (Å²) in [7, 11) is 0. The van der Waals surface area contributed by atoms with Gasteiger partial charge in [0.25, 0.3) is 5.91 Å². The predicted octanol–water partition coefficient (Wildman–Crippen LogP) is 3.77. The van der Waals surface area contributed by atoms with Gasteiger partial charge in [-0.2, -0.15) is 0 Å². The Morgan fingerprint density at radius 1 is 1.14 bits per heavy atom. The van der Waals surface area contributed by atoms with Gasteiger partial charge in [0.15, 0.2) is 0 Å². The lowest BCUT2D eigenvalue weighted by atomic mass is 10.1. The molecule has 4 heteroatoms. The summed E-state index contributed by atoms with van der Waals surface area (Å²) in [5, 5.41) is 6.06. The van der Waals surface area contributed by atoms with E-state index in [0.29, 0.717) is 5.69 Å². The van der Waals surface area contributed by atoms with Crippen LogP contribution in [0.4, 0.5) is 11.5 Å². The lowest BCUT2D eigenvalue weighted by Crippen LogP contribution is -2.15. The molecule has 0 radical (unpaired) electrons. The summed E-state index contributed by atoms with van der Waals surface area (Å²) in [6, 6.07) is 11.3. The van der Waals surface area contributed by atoms with E-state index >= 15 is 0 Å². The van der Waals surface area contributed by atoms with Crippen molar-refractivity contribution >= 4 is 17.4 Å². The lowest BCUT2D eigenvalue weighted by Gasteiger charge is -2.09. The van der Waals surface area contributed by atoms with Crippen molar-refractivity contribution < 1.29 is 4.79 Å². The lowest BCUT2D eigenvalue weighted by molar-refractivity contribution is 0.102. The molecule has 2 aromatic rings. The fourth-order valence-electron chi connectivity index (χ4n) is 1.93. The molecule has 1 aromatic carbocycles. The Balaban J connectivity index is 2.10. The number of amides is 1. The van der Waals surface area contributed by atoms with Crippen LogP contribution in [0.15, 0.2) is 36.4 Å². The first-order valence-electron chi connectivity index (χ1n) is 7.19. The van der Waals surface area contributed by atoms with Gasteiger partial charge in [0.1, 0.15) is 11.5 Å². The first-order chi connectivity index (χ1) is 10.1. The first-order valence-corrected chi connectivity index (χ1v) is 7.19. The molecule has 0 aliphatic carbocycles. The predicted molar refractivity (Wildman–Crippen MR) is 86.9 cm³/mol. The molecular weight excluding hydrogens is 262 g/mol. The molecule has 0 bridgehead atoms. The molecule has 110 valence electrons. The van der Waals surface area contributed by atoms with Gasteiger partial charge in [-0.25, -0.2) is 4.98 Å². The first kappa shape index (κ1) is 15.0. The number of aryl methyl sites for hydroxylation is 2. The highest BCUT2D eigenvalue weighted by atomic mass is 16.1. The third kappa shape index (κ3) is 4.05. The van der Waals surface area contributed by atoms with E-state index in [4.69, 9.17) is 0 Å². The highest BCUT2D eigenvalue weighted by Crippen LogP contribution is 2.15. The van der Waals surface area contributed by atoms with E-state index in [9.17, 15) is 4.79 Å². The van der Waals surface area contributed by atoms with Crippen LogP contribution in [-0.2, 0) is 0 Å². The SMILES string of the molecule is CCCNc1cccc(C(=O)Nc2ccc(C)c(C)c2)n1. The van der Waals surface area contributed by atoms with Gasteiger partial charge in [-0.3, -0.25) is 4.79 Å². The molecule has 0 aliphatic heterocycles. The Morgan fingerprint density at radius 2 is 1.95 bits per heavy atom. The Labute approximate surface area is 125 Å². The van der Waals surface area contributed by atoms with E-state index in [2.05, 4.69) is 22.5 Å². The maximum Gasteiger partial charge on any atom is 0.274 e. The molecule has 0 aliphatic rings. The highest BCUT2D eigenvalue weighted by Gasteiger charge is 2.08. The number of hydrogen-bond acceptors (Lipinski definition) is 3. The van der Waals surface area contributed by atoms with Crippen molar-refractivity contribution in [1.82, 2.24) is 4.98 Å². The molecular formula is C17H21N3O. The third-order valence-electron chi connectivity index (χ3n) is 3.30. The highest BCUT2D eigenvalue weighted by molar-refractivity contribution is 6.03. The number of hydrogen-bond donors (Lipinski definition) is 2. The number of benzene rings is 1. The quantitative estimate of drug-likeness (QED) is 0.878. The number of pyridine rings is 1. The topological polar surface area (TPSA) is 54.0 Å². The molecule has 1 aromatic heterocycles. The summed E-state index contributed by atoms with van der Waals surface area (Å²) < 4.78 is 0. The zero-order chi connectivity index (χ0) is 15.2. The van der Waals surface area contributed by atoms with Crippen LogP contribution in [0.25, 0.3) is 0 Å². The zero-order valence-electron chi connectivity index (χ0n) is 12.7. The van der Waals surface area contributed by atoms with Crippen LogP contribution < -0.4 is 10.6 Å². The van der Waals surface area contributed by atoms with E-state index in [-0.39, 0.29) is 5.91 Å². The average molecular weight is 283 g/mol. The number of aromatic nitrogens is 1. The monoisotopic (exact) mass is 283 g/mol. The zero-order valence-corrected chi connectivity index (χ0v) is 12.7. The Kier molecular flexibility index (Phi) is 4.93. The van der Waals surface area contributed by atoms with Gasteiger partial charge in [0, 0.05) is 12.2 Å². The standard InChI is InChI=1S/C17H21N3O/c1-4-10-18-16-7-5-6-15(20-16)17(21)19-14-9-8-12(2)13(3)11-14/h5-9,11H,4,10H2,1-3H3,(H,18,20)(H,19,21). The summed E-state index contributed by atoms with van der Waals surface area (Å²) in [4.78, 5) is 16.6. The summed E-state index contributed by atoms with van der Waals surface area (Å²) in [5.41, 5.74) is 3.56. The fourth-order valence-corrected chi connectivity index (χ4v) is 1.93. The van der Waals surface area contributed by atoms with Crippen LogP contribution in [0.5, 0.6) is 0 Å². The van der Waals surface area contributed by atoms with Crippen molar-refractivity contribution in [2.75, 3.05) is 17.2 Å². The number of rotatable bonds is 5. The number of carbonyl (C=O) groups excluding carboxylic acids is 1. The summed E-state index contributed by atoms with van der Waals surface area (Å²) in [5.74, 6) is 0.531. The molecule has 21 heavy (non-hydrogen) atoms. The van der Waals surface area contributed by atoms with E-state index in [1.165, 1.54) is 5.56 Å². The molecule has 4 nitrogen and oxygen atoms in total. The van der Waals surface area contributed by atoms with Gasteiger partial charge in [0.05, 0.1) is 0 Å². The maximum atomic E-state index is 12.2. The van der Waals surface area contributed by atoms with Crippen molar-refractivity contribution in [3.8, 4) is 0 Å². The van der Waals surface area contributed by atoms with Crippen LogP contribution in [-0.4, -0.2) is 17.4 Å². The van der Waals surface area contributed by atoms with Crippen molar-refractivity contribution in [1.29, 1.82) is 0 Å². The summed E-state index contributed by atoms with van der Waals surface area (Å²) >= 11 is 0. The summed E-state index contributed by atoms with van der Waals surface area (Å²) in [6.07, 6.45) is 1.01. The fraction of sp³-hybridized carbons (Fsp3) is 0.294. The van der Waals surface area contributed by atoms with Gasteiger partial charge in [-0.1, -0.05) is 19.1 Å². The average Bonchev–Trinajstić information content (AvgIpc) is 2.49. The Bertz CT molecular complexity index is 638. The Hall–Kier alpha value is -2.36. The number of carbonyl (C=O) groups is 1. The van der Waals surface area contributed by atoms with E-state index < -0.39 is 0 Å². The van der Waals surface area contributed by atoms with Crippen molar-refractivity contribution in [3.63, 3.8) is 0 Å². The van der Waals surface area contributed by atoms with Crippen LogP contribution in [0.1, 0.15) is 35.0 Å². The molecule has 0 saturated carbocycles. The van der Waals surface area contributed by atoms with Crippen LogP contribution in [0.2, 0.25) is 0 Å². The van der Waals surface area contributed by atoms with Crippen LogP contribution in [0, 0.1) is 13.8 Å². The summed E-state index contributed by atoms with van der Waals surface area (Å²) in [6.45, 7) is 7.00. The van der Waals surface area contributed by atoms with Crippen molar-refractivity contribution in [2.24, 2.45) is 0 Å². The number of anilines is 2. The van der Waals surface area contributed by atoms with E-state index in [1.54, 1.807) is 6.07 Å². The molecule has 2 N–H and O–H groups in total. The smallest absolute Gasteiger partial charge is 0.274 e. The van der Waals surface area contributed by atoms with Gasteiger partial charge >= 0.3 is 0 Å². The molecule has 1 amide bonds. The molecule has 1 heterocycles. The van der Waals surface area contributed by atoms with Gasteiger partial charge in [-0.15, -0.1) is 0 Å². The van der Waals surface area contributed by atoms with Crippen molar-refractivity contribution in [2.45, 2.75) is 27.2 Å². The van der Waals surface area contributed by atoms with Gasteiger partial charge < -0.3 is 10.6 Å². The largest absolute Gasteiger partial charge is 0.370 e. The maximum absolute atomic E-state index is 12.2. The minimum atomic E-state index is -0.196. The molecule has 0 atom stereocenters. The molecule has 0 fully saturated rings. The van der Waals surface area contributed by atoms with Crippen LogP contribution in [0.3, 0.4) is 0 Å². The normalized spacial score (nSPS) is 10.2. The molecule has 0 saturated heterocycles. The van der Waals surface area contributed by atoms with E-state index in [1.807, 2.05) is 44.2 Å². The molecule has 2 rings (SSSR count).